The van der Waals surface area contributed by atoms with Crippen LogP contribution in [0.5, 0.6) is 23.0 Å². The summed E-state index contributed by atoms with van der Waals surface area (Å²) < 4.78 is 10.9. The topological polar surface area (TPSA) is 174 Å². The highest BCUT2D eigenvalue weighted by Gasteiger charge is 2.79. The Morgan fingerprint density at radius 2 is 1.45 bits per heavy atom. The molecule has 4 saturated heterocycles. The lowest BCUT2D eigenvalue weighted by Gasteiger charge is -2.55. The van der Waals surface area contributed by atoms with Gasteiger partial charge in [-0.3, -0.25) is 29.0 Å². The number of hydrogen-bond donors (Lipinski definition) is 4. The second kappa shape index (κ2) is 13.7. The molecule has 4 heterocycles. The molecule has 4 N–H and O–H groups in total. The van der Waals surface area contributed by atoms with E-state index < -0.39 is 69.8 Å². The molecule has 310 valence electrons. The molecule has 4 aromatic carbocycles. The van der Waals surface area contributed by atoms with E-state index >= 15 is 19.2 Å². The molecule has 12 nitrogen and oxygen atoms in total. The number of hydrogen-bond acceptors (Lipinski definition) is 14. The predicted octanol–water partition coefficient (Wildman–Crippen LogP) is 5.12. The molecule has 0 radical (unpaired) electrons. The van der Waals surface area contributed by atoms with Gasteiger partial charge in [0.05, 0.1) is 25.2 Å². The highest BCUT2D eigenvalue weighted by molar-refractivity contribution is 7.99. The zero-order valence-corrected chi connectivity index (χ0v) is 34.8. The highest BCUT2D eigenvalue weighted by Crippen LogP contribution is 2.67. The molecule has 14 heteroatoms. The molecule has 60 heavy (non-hydrogen) atoms. The molecule has 2 aliphatic carbocycles. The number of carbonyl (C=O) groups excluding carboxylic acids is 4. The van der Waals surface area contributed by atoms with Crippen LogP contribution in [0.2, 0.25) is 0 Å². The molecule has 0 bridgehead atoms. The van der Waals surface area contributed by atoms with Crippen LogP contribution in [0, 0.1) is 5.92 Å². The summed E-state index contributed by atoms with van der Waals surface area (Å²) in [5.41, 5.74) is -5.33. The second-order valence-electron chi connectivity index (χ2n) is 17.1. The van der Waals surface area contributed by atoms with Crippen molar-refractivity contribution in [3.8, 4) is 23.0 Å². The van der Waals surface area contributed by atoms with Crippen molar-refractivity contribution in [2.75, 3.05) is 37.5 Å². The molecular weight excluding hydrogens is 805 g/mol. The quantitative estimate of drug-likeness (QED) is 0.172. The summed E-state index contributed by atoms with van der Waals surface area (Å²) in [7, 11) is 2.82. The first kappa shape index (κ1) is 39.4. The lowest BCUT2D eigenvalue weighted by atomic mass is 9.53. The van der Waals surface area contributed by atoms with Crippen LogP contribution < -0.4 is 9.47 Å². The van der Waals surface area contributed by atoms with Crippen LogP contribution in [-0.4, -0.2) is 120 Å². The van der Waals surface area contributed by atoms with Gasteiger partial charge in [0.1, 0.15) is 17.4 Å². The molecule has 4 aliphatic heterocycles. The Morgan fingerprint density at radius 3 is 2.12 bits per heavy atom. The summed E-state index contributed by atoms with van der Waals surface area (Å²) in [5.74, 6) is -2.15. The molecule has 4 aromatic rings. The fourth-order valence-corrected chi connectivity index (χ4v) is 14.9. The number of thioether (sulfide) groups is 2. The van der Waals surface area contributed by atoms with Crippen molar-refractivity contribution in [2.24, 2.45) is 5.92 Å². The lowest BCUT2D eigenvalue weighted by molar-refractivity contribution is -0.138. The number of aromatic hydroxyl groups is 2. The zero-order chi connectivity index (χ0) is 42.1. The van der Waals surface area contributed by atoms with Crippen LogP contribution >= 0.6 is 23.5 Å². The number of carbonyl (C=O) groups is 4. The number of aliphatic hydroxyl groups is 2. The molecule has 4 fully saturated rings. The first-order valence-corrected chi connectivity index (χ1v) is 22.3. The number of Topliss-reactive ketones (excluding diaryl/α,β-unsaturated/α-hetero) is 4. The van der Waals surface area contributed by atoms with Crippen LogP contribution in [0.3, 0.4) is 0 Å². The number of phenols is 2. The van der Waals surface area contributed by atoms with Gasteiger partial charge in [-0.25, -0.2) is 0 Å². The van der Waals surface area contributed by atoms with E-state index in [2.05, 4.69) is 0 Å². The van der Waals surface area contributed by atoms with E-state index in [-0.39, 0.29) is 52.4 Å². The second-order valence-corrected chi connectivity index (χ2v) is 19.1. The SMILES string of the molecule is COc1ccc(C2(C(C)(O)CC(=O)C3C4CSCN4C4(C(=O)c5ccccc5C4=O)C3c3ccc(O)c(OC)c3)CC3CSCN3[C@]23C(=O)c2ccccc2C3O)cc1O. The van der Waals surface area contributed by atoms with Crippen molar-refractivity contribution >= 4 is 46.7 Å². The van der Waals surface area contributed by atoms with Gasteiger partial charge >= 0.3 is 0 Å². The smallest absolute Gasteiger partial charge is 0.192 e. The van der Waals surface area contributed by atoms with E-state index in [0.29, 0.717) is 45.5 Å². The van der Waals surface area contributed by atoms with E-state index in [0.717, 1.165) is 0 Å². The van der Waals surface area contributed by atoms with Gasteiger partial charge in [-0.05, 0) is 54.3 Å². The van der Waals surface area contributed by atoms with Gasteiger partial charge in [-0.2, -0.15) is 0 Å². The Kier molecular flexibility index (Phi) is 8.97. The molecule has 0 amide bonds. The number of fused-ring (bicyclic) bond motifs is 6. The highest BCUT2D eigenvalue weighted by atomic mass is 32.2. The molecule has 7 unspecified atom stereocenters. The number of phenolic OH excluding ortho intramolecular Hbond substituents is 2. The summed E-state index contributed by atoms with van der Waals surface area (Å²) in [6.45, 7) is 1.54. The summed E-state index contributed by atoms with van der Waals surface area (Å²) in [4.78, 5) is 65.1. The number of ketones is 4. The normalized spacial score (nSPS) is 31.1. The van der Waals surface area contributed by atoms with Crippen molar-refractivity contribution in [3.05, 3.63) is 118 Å². The third kappa shape index (κ3) is 4.74. The van der Waals surface area contributed by atoms with Crippen molar-refractivity contribution in [1.82, 2.24) is 9.80 Å². The van der Waals surface area contributed by atoms with Crippen molar-refractivity contribution < 1.29 is 49.1 Å². The first-order valence-electron chi connectivity index (χ1n) is 20.0. The largest absolute Gasteiger partial charge is 0.504 e. The Balaban J connectivity index is 1.17. The van der Waals surface area contributed by atoms with Crippen LogP contribution in [-0.2, 0) is 10.2 Å². The fraction of sp³-hybridized carbons (Fsp3) is 0.391. The maximum atomic E-state index is 15.8. The van der Waals surface area contributed by atoms with Gasteiger partial charge in [0.25, 0.3) is 0 Å². The number of ether oxygens (including phenoxy) is 2. The van der Waals surface area contributed by atoms with E-state index in [1.165, 1.54) is 38.1 Å². The third-order valence-electron chi connectivity index (χ3n) is 14.6. The lowest BCUT2D eigenvalue weighted by Crippen LogP contribution is -2.70. The van der Waals surface area contributed by atoms with Crippen LogP contribution in [0.1, 0.15) is 79.6 Å². The minimum absolute atomic E-state index is 0.107. The van der Waals surface area contributed by atoms with Gasteiger partial charge < -0.3 is 29.9 Å². The van der Waals surface area contributed by atoms with Gasteiger partial charge in [0.15, 0.2) is 45.9 Å². The zero-order valence-electron chi connectivity index (χ0n) is 33.2. The third-order valence-corrected chi connectivity index (χ3v) is 16.7. The number of rotatable bonds is 8. The average Bonchev–Trinajstić information content (AvgIpc) is 4.08. The van der Waals surface area contributed by atoms with E-state index in [1.54, 1.807) is 91.5 Å². The number of aliphatic hydroxyl groups excluding tert-OH is 1. The minimum Gasteiger partial charge on any atom is -0.504 e. The number of benzene rings is 4. The van der Waals surface area contributed by atoms with Crippen LogP contribution in [0.25, 0.3) is 0 Å². The van der Waals surface area contributed by atoms with Gasteiger partial charge in [-0.15, -0.1) is 23.5 Å². The summed E-state index contributed by atoms with van der Waals surface area (Å²) in [6.07, 6.45) is -1.80. The summed E-state index contributed by atoms with van der Waals surface area (Å²) in [5, 5.41) is 48.4. The van der Waals surface area contributed by atoms with Crippen molar-refractivity contribution in [1.29, 1.82) is 0 Å². The Bertz CT molecular complexity index is 2490. The van der Waals surface area contributed by atoms with Crippen molar-refractivity contribution in [3.63, 3.8) is 0 Å². The van der Waals surface area contributed by atoms with E-state index in [1.807, 2.05) is 9.80 Å². The standard InChI is InChI=1S/C46H44N2O10S2/c1-43(56,44(25-13-15-35(57-2)33(50)17-25)18-26-20-59-22-47(26)46(44)41(54)29-10-6-7-11-30(29)42(46)55)19-34(51)37-31-21-60-23-48(31)45(38(37)24-12-14-32(49)36(16-24)58-3)39(52)27-8-4-5-9-28(27)40(45)53/h4-17,26,31,37-38,41,49-50,54,56H,18-23H2,1-3H3/t26?,31?,37?,38?,41?,43?,44?,46-/m1/s1. The van der Waals surface area contributed by atoms with E-state index in [4.69, 9.17) is 9.47 Å². The first-order chi connectivity index (χ1) is 28.8. The predicted molar refractivity (Wildman–Crippen MR) is 224 cm³/mol. The van der Waals surface area contributed by atoms with Crippen LogP contribution in [0.15, 0.2) is 84.9 Å². The molecule has 6 aliphatic rings. The average molecular weight is 849 g/mol. The summed E-state index contributed by atoms with van der Waals surface area (Å²) in [6, 6.07) is 22.0. The van der Waals surface area contributed by atoms with Gasteiger partial charge in [0.2, 0.25) is 0 Å². The maximum Gasteiger partial charge on any atom is 0.192 e. The fourth-order valence-electron chi connectivity index (χ4n) is 12.3. The van der Waals surface area contributed by atoms with Crippen molar-refractivity contribution in [2.45, 2.75) is 66.0 Å². The Morgan fingerprint density at radius 1 is 0.800 bits per heavy atom. The monoisotopic (exact) mass is 848 g/mol. The molecule has 8 atom stereocenters. The summed E-state index contributed by atoms with van der Waals surface area (Å²) >= 11 is 3.14. The van der Waals surface area contributed by atoms with Crippen LogP contribution in [0.4, 0.5) is 0 Å². The Labute approximate surface area is 354 Å². The molecule has 10 rings (SSSR count). The molecule has 0 saturated carbocycles. The number of nitrogens with zero attached hydrogens (tertiary/aromatic N) is 2. The maximum absolute atomic E-state index is 15.8. The molecule has 0 aromatic heterocycles. The molecular formula is C46H44N2O10S2. The Hall–Kier alpha value is -4.70. The number of methoxy groups -OCH3 is 2. The van der Waals surface area contributed by atoms with Gasteiger partial charge in [0, 0.05) is 70.3 Å². The van der Waals surface area contributed by atoms with E-state index in [9.17, 15) is 20.4 Å². The minimum atomic E-state index is -2.10. The van der Waals surface area contributed by atoms with Gasteiger partial charge in [-0.1, -0.05) is 60.7 Å². The molecule has 2 spiro atoms.